The molecule has 0 radical (unpaired) electrons. The van der Waals surface area contributed by atoms with E-state index in [4.69, 9.17) is 0 Å². The SMILES string of the molecule is COC(=O)[C@@H](NCc1cccc2[nH]ccc12)[C@@H](C)O. The highest BCUT2D eigenvalue weighted by atomic mass is 16.5. The highest BCUT2D eigenvalue weighted by molar-refractivity contribution is 5.83. The van der Waals surface area contributed by atoms with E-state index in [0.29, 0.717) is 6.54 Å². The van der Waals surface area contributed by atoms with Gasteiger partial charge in [-0.1, -0.05) is 12.1 Å². The fourth-order valence-corrected chi connectivity index (χ4v) is 2.10. The summed E-state index contributed by atoms with van der Waals surface area (Å²) in [6.45, 7) is 2.05. The third-order valence-electron chi connectivity index (χ3n) is 3.14. The lowest BCUT2D eigenvalue weighted by molar-refractivity contribution is -0.145. The van der Waals surface area contributed by atoms with E-state index in [2.05, 4.69) is 15.0 Å². The number of fused-ring (bicyclic) bond motifs is 1. The van der Waals surface area contributed by atoms with Crippen molar-refractivity contribution < 1.29 is 14.6 Å². The maximum Gasteiger partial charge on any atom is 0.325 e. The van der Waals surface area contributed by atoms with Crippen LogP contribution in [0, 0.1) is 0 Å². The molecule has 0 aliphatic rings. The Balaban J connectivity index is 2.12. The summed E-state index contributed by atoms with van der Waals surface area (Å²) in [7, 11) is 1.31. The molecular weight excluding hydrogens is 244 g/mol. The van der Waals surface area contributed by atoms with Crippen molar-refractivity contribution in [3.63, 3.8) is 0 Å². The monoisotopic (exact) mass is 262 g/mol. The Morgan fingerprint density at radius 1 is 1.47 bits per heavy atom. The van der Waals surface area contributed by atoms with Gasteiger partial charge in [-0.2, -0.15) is 0 Å². The smallest absolute Gasteiger partial charge is 0.325 e. The second kappa shape index (κ2) is 5.86. The Kier molecular flexibility index (Phi) is 4.19. The molecule has 0 saturated heterocycles. The van der Waals surface area contributed by atoms with Gasteiger partial charge in [-0.25, -0.2) is 0 Å². The minimum Gasteiger partial charge on any atom is -0.468 e. The number of carbonyl (C=O) groups excluding carboxylic acids is 1. The molecule has 5 heteroatoms. The van der Waals surface area contributed by atoms with E-state index >= 15 is 0 Å². The van der Waals surface area contributed by atoms with Crippen LogP contribution in [0.4, 0.5) is 0 Å². The molecule has 1 aromatic carbocycles. The zero-order chi connectivity index (χ0) is 13.8. The summed E-state index contributed by atoms with van der Waals surface area (Å²) in [4.78, 5) is 14.7. The Morgan fingerprint density at radius 2 is 2.26 bits per heavy atom. The van der Waals surface area contributed by atoms with Gasteiger partial charge in [0.1, 0.15) is 6.04 Å². The highest BCUT2D eigenvalue weighted by Gasteiger charge is 2.23. The van der Waals surface area contributed by atoms with Crippen LogP contribution in [0.25, 0.3) is 10.9 Å². The molecule has 0 saturated carbocycles. The molecule has 19 heavy (non-hydrogen) atoms. The van der Waals surface area contributed by atoms with Gasteiger partial charge in [0.15, 0.2) is 0 Å². The number of ether oxygens (including phenoxy) is 1. The van der Waals surface area contributed by atoms with Crippen LogP contribution < -0.4 is 5.32 Å². The van der Waals surface area contributed by atoms with E-state index in [0.717, 1.165) is 16.5 Å². The minimum atomic E-state index is -0.808. The van der Waals surface area contributed by atoms with Crippen LogP contribution in [0.1, 0.15) is 12.5 Å². The molecule has 1 aromatic heterocycles. The lowest BCUT2D eigenvalue weighted by Crippen LogP contribution is -2.45. The molecule has 1 heterocycles. The zero-order valence-corrected chi connectivity index (χ0v) is 11.0. The lowest BCUT2D eigenvalue weighted by atomic mass is 10.1. The predicted octanol–water partition coefficient (Wildman–Crippen LogP) is 1.18. The summed E-state index contributed by atoms with van der Waals surface area (Å²) in [5.41, 5.74) is 2.11. The van der Waals surface area contributed by atoms with Crippen LogP contribution in [0.5, 0.6) is 0 Å². The maximum atomic E-state index is 11.5. The number of hydrogen-bond acceptors (Lipinski definition) is 4. The van der Waals surface area contributed by atoms with E-state index < -0.39 is 18.1 Å². The first kappa shape index (κ1) is 13.6. The quantitative estimate of drug-likeness (QED) is 0.707. The largest absolute Gasteiger partial charge is 0.468 e. The number of carbonyl (C=O) groups is 1. The van der Waals surface area contributed by atoms with Gasteiger partial charge >= 0.3 is 5.97 Å². The molecule has 5 nitrogen and oxygen atoms in total. The Morgan fingerprint density at radius 3 is 2.95 bits per heavy atom. The molecule has 2 rings (SSSR count). The summed E-state index contributed by atoms with van der Waals surface area (Å²) in [6, 6.07) is 7.19. The molecule has 0 amide bonds. The summed E-state index contributed by atoms with van der Waals surface area (Å²) < 4.78 is 4.67. The molecule has 3 N–H and O–H groups in total. The first-order valence-corrected chi connectivity index (χ1v) is 6.17. The number of hydrogen-bond donors (Lipinski definition) is 3. The summed E-state index contributed by atoms with van der Waals surface area (Å²) >= 11 is 0. The van der Waals surface area contributed by atoms with Gasteiger partial charge < -0.3 is 14.8 Å². The number of aliphatic hydroxyl groups excluding tert-OH is 1. The molecule has 2 aromatic rings. The van der Waals surface area contributed by atoms with Crippen molar-refractivity contribution in [2.45, 2.75) is 25.6 Å². The zero-order valence-electron chi connectivity index (χ0n) is 11.0. The molecular formula is C14H18N2O3. The molecule has 0 spiro atoms. The average molecular weight is 262 g/mol. The number of methoxy groups -OCH3 is 1. The molecule has 0 unspecified atom stereocenters. The van der Waals surface area contributed by atoms with Crippen LogP contribution >= 0.6 is 0 Å². The van der Waals surface area contributed by atoms with Crippen molar-refractivity contribution in [1.82, 2.24) is 10.3 Å². The van der Waals surface area contributed by atoms with Crippen molar-refractivity contribution in [2.75, 3.05) is 7.11 Å². The fraction of sp³-hybridized carbons (Fsp3) is 0.357. The third-order valence-corrected chi connectivity index (χ3v) is 3.14. The van der Waals surface area contributed by atoms with Crippen LogP contribution in [-0.4, -0.2) is 35.3 Å². The first-order chi connectivity index (χ1) is 9.13. The first-order valence-electron chi connectivity index (χ1n) is 6.17. The summed E-state index contributed by atoms with van der Waals surface area (Å²) in [5.74, 6) is -0.462. The van der Waals surface area contributed by atoms with Gasteiger partial charge in [0.25, 0.3) is 0 Å². The number of aromatic nitrogens is 1. The number of aliphatic hydroxyl groups is 1. The molecule has 102 valence electrons. The standard InChI is InChI=1S/C14H18N2O3/c1-9(17)13(14(18)19-2)16-8-10-4-3-5-12-11(10)6-7-15-12/h3-7,9,13,15-17H,8H2,1-2H3/t9-,13+/m1/s1. The second-order valence-electron chi connectivity index (χ2n) is 4.48. The van der Waals surface area contributed by atoms with E-state index in [1.165, 1.54) is 7.11 Å². The van der Waals surface area contributed by atoms with Crippen LogP contribution in [0.3, 0.4) is 0 Å². The van der Waals surface area contributed by atoms with E-state index in [9.17, 15) is 9.90 Å². The van der Waals surface area contributed by atoms with Crippen molar-refractivity contribution in [1.29, 1.82) is 0 Å². The topological polar surface area (TPSA) is 74.3 Å². The van der Waals surface area contributed by atoms with Crippen molar-refractivity contribution in [3.05, 3.63) is 36.0 Å². The third kappa shape index (κ3) is 2.94. The molecule has 0 aliphatic heterocycles. The molecule has 0 fully saturated rings. The van der Waals surface area contributed by atoms with Gasteiger partial charge in [0.05, 0.1) is 13.2 Å². The van der Waals surface area contributed by atoms with E-state index in [-0.39, 0.29) is 0 Å². The fourth-order valence-electron chi connectivity index (χ4n) is 2.10. The minimum absolute atomic E-state index is 0.462. The molecule has 0 bridgehead atoms. The number of nitrogens with one attached hydrogen (secondary N) is 2. The Hall–Kier alpha value is -1.85. The lowest BCUT2D eigenvalue weighted by Gasteiger charge is -2.19. The predicted molar refractivity (Wildman–Crippen MR) is 72.6 cm³/mol. The van der Waals surface area contributed by atoms with E-state index in [1.54, 1.807) is 6.92 Å². The van der Waals surface area contributed by atoms with Crippen LogP contribution in [0.15, 0.2) is 30.5 Å². The average Bonchev–Trinajstić information content (AvgIpc) is 2.87. The van der Waals surface area contributed by atoms with Gasteiger partial charge in [-0.3, -0.25) is 10.1 Å². The summed E-state index contributed by atoms with van der Waals surface area (Å²) in [6.07, 6.45) is 1.07. The molecule has 0 aliphatic carbocycles. The highest BCUT2D eigenvalue weighted by Crippen LogP contribution is 2.17. The van der Waals surface area contributed by atoms with Crippen LogP contribution in [0.2, 0.25) is 0 Å². The van der Waals surface area contributed by atoms with Gasteiger partial charge in [-0.15, -0.1) is 0 Å². The number of benzene rings is 1. The van der Waals surface area contributed by atoms with Gasteiger partial charge in [-0.05, 0) is 24.6 Å². The number of rotatable bonds is 5. The van der Waals surface area contributed by atoms with Crippen molar-refractivity contribution in [2.24, 2.45) is 0 Å². The summed E-state index contributed by atoms with van der Waals surface area (Å²) in [5, 5.41) is 13.7. The Bertz CT molecular complexity index is 563. The van der Waals surface area contributed by atoms with Gasteiger partial charge in [0.2, 0.25) is 0 Å². The van der Waals surface area contributed by atoms with Crippen molar-refractivity contribution >= 4 is 16.9 Å². The normalized spacial score (nSPS) is 14.3. The molecule has 2 atom stereocenters. The number of aromatic amines is 1. The van der Waals surface area contributed by atoms with Crippen molar-refractivity contribution in [3.8, 4) is 0 Å². The Labute approximate surface area is 111 Å². The van der Waals surface area contributed by atoms with E-state index in [1.807, 2.05) is 30.5 Å². The van der Waals surface area contributed by atoms with Gasteiger partial charge in [0, 0.05) is 23.6 Å². The van der Waals surface area contributed by atoms with Crippen LogP contribution in [-0.2, 0) is 16.1 Å². The maximum absolute atomic E-state index is 11.5. The number of H-pyrrole nitrogens is 1. The second-order valence-corrected chi connectivity index (χ2v) is 4.48. The number of esters is 1.